The second kappa shape index (κ2) is 5.74. The molecule has 1 rings (SSSR count). The first-order chi connectivity index (χ1) is 9.10. The summed E-state index contributed by atoms with van der Waals surface area (Å²) in [6.07, 6.45) is 0.969. The van der Waals surface area contributed by atoms with Crippen LogP contribution in [0.25, 0.3) is 0 Å². The smallest absolute Gasteiger partial charge is 0.327 e. The number of hydrogen-bond donors (Lipinski definition) is 3. The largest absolute Gasteiger partial charge is 0.503 e. The molecular weight excluding hydrogens is 266 g/mol. The number of hydrazine groups is 1. The topological polar surface area (TPSA) is 126 Å². The van der Waals surface area contributed by atoms with Gasteiger partial charge in [-0.05, 0) is 20.8 Å². The van der Waals surface area contributed by atoms with Gasteiger partial charge < -0.3 is 14.8 Å². The van der Waals surface area contributed by atoms with Crippen LogP contribution in [0.15, 0.2) is 17.1 Å². The lowest BCUT2D eigenvalue weighted by atomic mass is 10.2. The van der Waals surface area contributed by atoms with Crippen LogP contribution in [0.1, 0.15) is 31.3 Å². The van der Waals surface area contributed by atoms with Gasteiger partial charge in [0.15, 0.2) is 5.75 Å². The molecule has 0 atom stereocenters. The molecule has 0 saturated heterocycles. The number of amides is 1. The highest BCUT2D eigenvalue weighted by molar-refractivity contribution is 5.93. The van der Waals surface area contributed by atoms with Crippen LogP contribution in [0.5, 0.6) is 5.75 Å². The van der Waals surface area contributed by atoms with Gasteiger partial charge >= 0.3 is 5.97 Å². The number of carbonyl (C=O) groups excluding carboxylic acids is 2. The normalized spacial score (nSPS) is 11.0. The Labute approximate surface area is 115 Å². The summed E-state index contributed by atoms with van der Waals surface area (Å²) in [6.45, 7) is 4.60. The molecule has 0 aliphatic heterocycles. The van der Waals surface area contributed by atoms with Gasteiger partial charge in [-0.3, -0.25) is 19.4 Å². The van der Waals surface area contributed by atoms with Crippen LogP contribution in [0.2, 0.25) is 0 Å². The number of nitrogens with one attached hydrogen (secondary N) is 1. The fraction of sp³-hybridized carbons (Fsp3) is 0.417. The number of ether oxygens (including phenoxy) is 1. The Balaban J connectivity index is 2.74. The third kappa shape index (κ3) is 4.39. The van der Waals surface area contributed by atoms with Crippen LogP contribution >= 0.6 is 0 Å². The number of pyridine rings is 1. The molecule has 1 amide bonds. The number of aromatic amines is 1. The molecule has 8 heteroatoms. The summed E-state index contributed by atoms with van der Waals surface area (Å²) < 4.78 is 5.01. The number of hydrogen-bond acceptors (Lipinski definition) is 6. The molecule has 110 valence electrons. The summed E-state index contributed by atoms with van der Waals surface area (Å²) in [6, 6.07) is 0.895. The molecule has 0 unspecified atom stereocenters. The number of rotatable bonds is 3. The van der Waals surface area contributed by atoms with Crippen molar-refractivity contribution in [3.05, 3.63) is 28.2 Å². The predicted molar refractivity (Wildman–Crippen MR) is 69.8 cm³/mol. The molecule has 0 aromatic carbocycles. The lowest BCUT2D eigenvalue weighted by Crippen LogP contribution is -2.43. The number of nitrogens with two attached hydrogens (primary N) is 1. The zero-order chi connectivity index (χ0) is 15.5. The third-order valence-corrected chi connectivity index (χ3v) is 2.10. The van der Waals surface area contributed by atoms with Gasteiger partial charge in [0.25, 0.3) is 5.91 Å². The fourth-order valence-corrected chi connectivity index (χ4v) is 1.33. The van der Waals surface area contributed by atoms with E-state index in [0.29, 0.717) is 5.01 Å². The van der Waals surface area contributed by atoms with Crippen molar-refractivity contribution in [1.29, 1.82) is 0 Å². The zero-order valence-electron chi connectivity index (χ0n) is 11.5. The maximum atomic E-state index is 11.9. The summed E-state index contributed by atoms with van der Waals surface area (Å²) in [5.41, 5.74) is -1.55. The number of H-pyrrole nitrogens is 1. The second-order valence-electron chi connectivity index (χ2n) is 5.12. The van der Waals surface area contributed by atoms with Gasteiger partial charge in [-0.25, -0.2) is 5.84 Å². The van der Waals surface area contributed by atoms with Gasteiger partial charge in [-0.2, -0.15) is 0 Å². The lowest BCUT2D eigenvalue weighted by Gasteiger charge is -2.22. The first-order valence-corrected chi connectivity index (χ1v) is 5.80. The van der Waals surface area contributed by atoms with Crippen molar-refractivity contribution in [3.63, 3.8) is 0 Å². The van der Waals surface area contributed by atoms with E-state index in [-0.39, 0.29) is 5.69 Å². The van der Waals surface area contributed by atoms with Gasteiger partial charge in [0.1, 0.15) is 17.8 Å². The van der Waals surface area contributed by atoms with E-state index < -0.39 is 35.2 Å². The van der Waals surface area contributed by atoms with E-state index in [1.54, 1.807) is 20.8 Å². The van der Waals surface area contributed by atoms with E-state index >= 15 is 0 Å². The van der Waals surface area contributed by atoms with E-state index in [2.05, 4.69) is 4.98 Å². The van der Waals surface area contributed by atoms with Gasteiger partial charge in [-0.15, -0.1) is 0 Å². The Morgan fingerprint density at radius 3 is 2.55 bits per heavy atom. The van der Waals surface area contributed by atoms with Crippen LogP contribution in [-0.4, -0.2) is 39.1 Å². The van der Waals surface area contributed by atoms with Crippen molar-refractivity contribution < 1.29 is 19.4 Å². The van der Waals surface area contributed by atoms with Crippen molar-refractivity contribution in [2.24, 2.45) is 5.84 Å². The van der Waals surface area contributed by atoms with Crippen molar-refractivity contribution in [2.45, 2.75) is 26.4 Å². The monoisotopic (exact) mass is 283 g/mol. The summed E-state index contributed by atoms with van der Waals surface area (Å²) in [5, 5.41) is 9.68. The minimum absolute atomic E-state index is 0.140. The highest BCUT2D eigenvalue weighted by Gasteiger charge is 2.21. The molecule has 1 aromatic heterocycles. The Morgan fingerprint density at radius 1 is 1.45 bits per heavy atom. The second-order valence-corrected chi connectivity index (χ2v) is 5.12. The van der Waals surface area contributed by atoms with Gasteiger partial charge in [0.05, 0.1) is 0 Å². The molecule has 0 spiro atoms. The lowest BCUT2D eigenvalue weighted by molar-refractivity contribution is -0.155. The van der Waals surface area contributed by atoms with Crippen LogP contribution in [0, 0.1) is 0 Å². The van der Waals surface area contributed by atoms with Crippen LogP contribution in [-0.2, 0) is 9.53 Å². The molecule has 8 nitrogen and oxygen atoms in total. The molecule has 0 aliphatic rings. The Morgan fingerprint density at radius 2 is 2.05 bits per heavy atom. The Hall–Kier alpha value is -2.35. The molecule has 0 aliphatic carbocycles. The van der Waals surface area contributed by atoms with E-state index in [9.17, 15) is 14.4 Å². The van der Waals surface area contributed by atoms with Gasteiger partial charge in [-0.1, -0.05) is 0 Å². The molecule has 4 N–H and O–H groups in total. The first kappa shape index (κ1) is 15.7. The minimum atomic E-state index is -0.770. The van der Waals surface area contributed by atoms with Crippen molar-refractivity contribution >= 4 is 11.9 Å². The number of nitrogens with zero attached hydrogens (tertiary/aromatic N) is 1. The SMILES string of the molecule is CC(C)(C)OC(=O)CN(N)C(=O)c1cc(=O)c(O)c[nH]1. The van der Waals surface area contributed by atoms with Crippen molar-refractivity contribution in [1.82, 2.24) is 9.99 Å². The Kier molecular flexibility index (Phi) is 4.51. The van der Waals surface area contributed by atoms with E-state index in [4.69, 9.17) is 15.7 Å². The molecule has 0 bridgehead atoms. The quantitative estimate of drug-likeness (QED) is 0.303. The number of aromatic nitrogens is 1. The highest BCUT2D eigenvalue weighted by atomic mass is 16.6. The van der Waals surface area contributed by atoms with Crippen molar-refractivity contribution in [3.8, 4) is 5.75 Å². The van der Waals surface area contributed by atoms with Gasteiger partial charge in [0, 0.05) is 12.3 Å². The van der Waals surface area contributed by atoms with Crippen LogP contribution in [0.4, 0.5) is 0 Å². The summed E-state index contributed by atoms with van der Waals surface area (Å²) in [5.74, 6) is 3.50. The molecule has 0 saturated carbocycles. The average Bonchev–Trinajstić information content (AvgIpc) is 2.29. The maximum Gasteiger partial charge on any atom is 0.327 e. The standard InChI is InChI=1S/C12H17N3O5/c1-12(2,3)20-10(18)6-15(13)11(19)7-4-8(16)9(17)5-14-7/h4-5,17H,6,13H2,1-3H3,(H,14,16). The molecule has 1 heterocycles. The van der Waals surface area contributed by atoms with E-state index in [1.807, 2.05) is 0 Å². The molecule has 0 radical (unpaired) electrons. The van der Waals surface area contributed by atoms with Crippen LogP contribution < -0.4 is 11.3 Å². The van der Waals surface area contributed by atoms with E-state index in [1.165, 1.54) is 0 Å². The molecule has 20 heavy (non-hydrogen) atoms. The third-order valence-electron chi connectivity index (χ3n) is 2.10. The average molecular weight is 283 g/mol. The summed E-state index contributed by atoms with van der Waals surface area (Å²) in [4.78, 5) is 37.0. The fourth-order valence-electron chi connectivity index (χ4n) is 1.33. The summed E-state index contributed by atoms with van der Waals surface area (Å²) in [7, 11) is 0. The molecular formula is C12H17N3O5. The number of carbonyl (C=O) groups is 2. The van der Waals surface area contributed by atoms with E-state index in [0.717, 1.165) is 12.3 Å². The van der Waals surface area contributed by atoms with Gasteiger partial charge in [0.2, 0.25) is 5.43 Å². The number of esters is 1. The zero-order valence-corrected chi connectivity index (χ0v) is 11.5. The first-order valence-electron chi connectivity index (χ1n) is 5.80. The maximum absolute atomic E-state index is 11.9. The molecule has 1 aromatic rings. The van der Waals surface area contributed by atoms with Crippen LogP contribution in [0.3, 0.4) is 0 Å². The predicted octanol–water partition coefficient (Wildman–Crippen LogP) is -0.262. The number of aromatic hydroxyl groups is 1. The summed E-state index contributed by atoms with van der Waals surface area (Å²) >= 11 is 0. The van der Waals surface area contributed by atoms with Crippen molar-refractivity contribution in [2.75, 3.05) is 6.54 Å². The Bertz CT molecular complexity index is 573. The minimum Gasteiger partial charge on any atom is -0.503 e. The molecule has 0 fully saturated rings. The highest BCUT2D eigenvalue weighted by Crippen LogP contribution is 2.07.